The molecule has 0 atom stereocenters. The lowest BCUT2D eigenvalue weighted by molar-refractivity contribution is -0.137. The van der Waals surface area contributed by atoms with E-state index >= 15 is 0 Å². The molecule has 2 rings (SSSR count). The Balaban J connectivity index is 2.26. The van der Waals surface area contributed by atoms with Gasteiger partial charge in [0.15, 0.2) is 0 Å². The average molecular weight is 303 g/mol. The molecule has 0 saturated heterocycles. The molecule has 0 spiro atoms. The molecule has 0 unspecified atom stereocenters. The van der Waals surface area contributed by atoms with Gasteiger partial charge in [-0.05, 0) is 29.8 Å². The van der Waals surface area contributed by atoms with Crippen molar-refractivity contribution in [3.63, 3.8) is 0 Å². The van der Waals surface area contributed by atoms with Gasteiger partial charge in [-0.3, -0.25) is 0 Å². The Hall–Kier alpha value is -1.79. The van der Waals surface area contributed by atoms with Crippen LogP contribution in [0.25, 0.3) is 0 Å². The molecule has 7 heteroatoms. The molecule has 0 bridgehead atoms. The molecule has 1 aromatic carbocycles. The number of rotatable bonds is 3. The lowest BCUT2D eigenvalue weighted by Gasteiger charge is -2.10. The Morgan fingerprint density at radius 1 is 1.25 bits per heavy atom. The van der Waals surface area contributed by atoms with Gasteiger partial charge >= 0.3 is 6.18 Å². The topological polar surface area (TPSA) is 48.1 Å². The molecule has 2 aromatic rings. The van der Waals surface area contributed by atoms with Crippen LogP contribution in [-0.2, 0) is 12.7 Å². The SMILES string of the molecule is NCc1cnc(Oc2cccc(C(F)(F)F)c2)c(Cl)c1. The van der Waals surface area contributed by atoms with Crippen LogP contribution in [0.5, 0.6) is 11.6 Å². The minimum atomic E-state index is -4.43. The normalized spacial score (nSPS) is 11.4. The van der Waals surface area contributed by atoms with Gasteiger partial charge in [0.1, 0.15) is 10.8 Å². The summed E-state index contributed by atoms with van der Waals surface area (Å²) in [4.78, 5) is 3.92. The number of nitrogens with zero attached hydrogens (tertiary/aromatic N) is 1. The maximum Gasteiger partial charge on any atom is 0.416 e. The highest BCUT2D eigenvalue weighted by atomic mass is 35.5. The molecule has 106 valence electrons. The number of hydrogen-bond donors (Lipinski definition) is 1. The lowest BCUT2D eigenvalue weighted by Crippen LogP contribution is -2.04. The maximum atomic E-state index is 12.6. The second kappa shape index (κ2) is 5.68. The van der Waals surface area contributed by atoms with Gasteiger partial charge in [0, 0.05) is 12.7 Å². The summed E-state index contributed by atoms with van der Waals surface area (Å²) in [5.41, 5.74) is 5.32. The molecule has 3 nitrogen and oxygen atoms in total. The highest BCUT2D eigenvalue weighted by molar-refractivity contribution is 6.31. The minimum absolute atomic E-state index is 0.00900. The van der Waals surface area contributed by atoms with E-state index in [0.29, 0.717) is 5.56 Å². The van der Waals surface area contributed by atoms with Crippen LogP contribution in [0.1, 0.15) is 11.1 Å². The van der Waals surface area contributed by atoms with Crippen molar-refractivity contribution in [1.82, 2.24) is 4.98 Å². The summed E-state index contributed by atoms with van der Waals surface area (Å²) >= 11 is 5.92. The van der Waals surface area contributed by atoms with Crippen LogP contribution in [-0.4, -0.2) is 4.98 Å². The van der Waals surface area contributed by atoms with Crippen molar-refractivity contribution in [2.45, 2.75) is 12.7 Å². The molecule has 0 fully saturated rings. The summed E-state index contributed by atoms with van der Waals surface area (Å²) in [7, 11) is 0. The predicted molar refractivity (Wildman–Crippen MR) is 68.7 cm³/mol. The first-order chi connectivity index (χ1) is 9.40. The van der Waals surface area contributed by atoms with Crippen LogP contribution in [0.15, 0.2) is 36.5 Å². The number of alkyl halides is 3. The lowest BCUT2D eigenvalue weighted by atomic mass is 10.2. The van der Waals surface area contributed by atoms with E-state index in [1.807, 2.05) is 0 Å². The number of aromatic nitrogens is 1. The van der Waals surface area contributed by atoms with Crippen LogP contribution >= 0.6 is 11.6 Å². The summed E-state index contributed by atoms with van der Waals surface area (Å²) in [6, 6.07) is 6.04. The fraction of sp³-hybridized carbons (Fsp3) is 0.154. The smallest absolute Gasteiger partial charge is 0.416 e. The number of benzene rings is 1. The number of nitrogens with two attached hydrogens (primary N) is 1. The Kier molecular flexibility index (Phi) is 4.15. The van der Waals surface area contributed by atoms with Crippen LogP contribution in [0, 0.1) is 0 Å². The molecule has 0 radical (unpaired) electrons. The molecule has 0 aliphatic rings. The first-order valence-electron chi connectivity index (χ1n) is 5.60. The zero-order valence-corrected chi connectivity index (χ0v) is 10.9. The number of ether oxygens (including phenoxy) is 1. The maximum absolute atomic E-state index is 12.6. The zero-order valence-electron chi connectivity index (χ0n) is 10.1. The number of halogens is 4. The second-order valence-electron chi connectivity index (χ2n) is 3.96. The standard InChI is InChI=1S/C13H10ClF3N2O/c14-11-4-8(6-18)7-19-12(11)20-10-3-1-2-9(5-10)13(15,16)17/h1-5,7H,6,18H2. The third-order valence-corrected chi connectivity index (χ3v) is 2.75. The van der Waals surface area contributed by atoms with Crippen molar-refractivity contribution in [2.75, 3.05) is 0 Å². The molecule has 0 amide bonds. The summed E-state index contributed by atoms with van der Waals surface area (Å²) in [6.07, 6.45) is -2.98. The van der Waals surface area contributed by atoms with Crippen molar-refractivity contribution in [3.05, 3.63) is 52.7 Å². The highest BCUT2D eigenvalue weighted by Crippen LogP contribution is 2.33. The summed E-state index contributed by atoms with van der Waals surface area (Å²) in [5, 5.41) is 0.186. The third kappa shape index (κ3) is 3.40. The van der Waals surface area contributed by atoms with Gasteiger partial charge in [0.05, 0.1) is 5.56 Å². The molecule has 20 heavy (non-hydrogen) atoms. The van der Waals surface area contributed by atoms with Gasteiger partial charge in [-0.25, -0.2) is 4.98 Å². The summed E-state index contributed by atoms with van der Waals surface area (Å²) in [6.45, 7) is 0.260. The number of pyridine rings is 1. The van der Waals surface area contributed by atoms with Crippen LogP contribution in [0.2, 0.25) is 5.02 Å². The molecule has 0 saturated carbocycles. The van der Waals surface area contributed by atoms with Crippen LogP contribution in [0.3, 0.4) is 0 Å². The molecule has 0 aliphatic heterocycles. The van der Waals surface area contributed by atoms with Crippen molar-refractivity contribution < 1.29 is 17.9 Å². The fourth-order valence-electron chi connectivity index (χ4n) is 1.50. The quantitative estimate of drug-likeness (QED) is 0.932. The van der Waals surface area contributed by atoms with E-state index < -0.39 is 11.7 Å². The molecular formula is C13H10ClF3N2O. The van der Waals surface area contributed by atoms with E-state index in [2.05, 4.69) is 4.98 Å². The van der Waals surface area contributed by atoms with E-state index in [1.165, 1.54) is 18.3 Å². The summed E-state index contributed by atoms with van der Waals surface area (Å²) in [5.74, 6) is 0.0397. The van der Waals surface area contributed by atoms with E-state index in [9.17, 15) is 13.2 Å². The van der Waals surface area contributed by atoms with E-state index in [1.54, 1.807) is 6.07 Å². The first-order valence-corrected chi connectivity index (χ1v) is 5.97. The second-order valence-corrected chi connectivity index (χ2v) is 4.37. The van der Waals surface area contributed by atoms with Gasteiger partial charge in [0.2, 0.25) is 5.88 Å². The predicted octanol–water partition coefficient (Wildman–Crippen LogP) is 4.00. The molecule has 1 aromatic heterocycles. The Morgan fingerprint density at radius 3 is 2.60 bits per heavy atom. The monoisotopic (exact) mass is 302 g/mol. The van der Waals surface area contributed by atoms with Crippen LogP contribution < -0.4 is 10.5 Å². The zero-order chi connectivity index (χ0) is 14.8. The fourth-order valence-corrected chi connectivity index (χ4v) is 1.73. The van der Waals surface area contributed by atoms with E-state index in [-0.39, 0.29) is 23.2 Å². The Labute approximate surface area is 118 Å². The molecule has 1 heterocycles. The minimum Gasteiger partial charge on any atom is -0.438 e. The van der Waals surface area contributed by atoms with Gasteiger partial charge in [-0.15, -0.1) is 0 Å². The molecule has 0 aliphatic carbocycles. The van der Waals surface area contributed by atoms with Gasteiger partial charge < -0.3 is 10.5 Å². The number of hydrogen-bond acceptors (Lipinski definition) is 3. The van der Waals surface area contributed by atoms with E-state index in [4.69, 9.17) is 22.1 Å². The van der Waals surface area contributed by atoms with Gasteiger partial charge in [-0.1, -0.05) is 17.7 Å². The van der Waals surface area contributed by atoms with Crippen molar-refractivity contribution in [2.24, 2.45) is 5.73 Å². The van der Waals surface area contributed by atoms with Gasteiger partial charge in [-0.2, -0.15) is 13.2 Å². The van der Waals surface area contributed by atoms with Crippen molar-refractivity contribution in [3.8, 4) is 11.6 Å². The van der Waals surface area contributed by atoms with Gasteiger partial charge in [0.25, 0.3) is 0 Å². The summed E-state index contributed by atoms with van der Waals surface area (Å²) < 4.78 is 43.0. The van der Waals surface area contributed by atoms with E-state index in [0.717, 1.165) is 12.1 Å². The third-order valence-electron chi connectivity index (χ3n) is 2.48. The largest absolute Gasteiger partial charge is 0.438 e. The van der Waals surface area contributed by atoms with Crippen LogP contribution in [0.4, 0.5) is 13.2 Å². The highest BCUT2D eigenvalue weighted by Gasteiger charge is 2.30. The molecule has 2 N–H and O–H groups in total. The Bertz CT molecular complexity index is 617. The first kappa shape index (κ1) is 14.6. The van der Waals surface area contributed by atoms with Crippen molar-refractivity contribution in [1.29, 1.82) is 0 Å². The molecular weight excluding hydrogens is 293 g/mol. The Morgan fingerprint density at radius 2 is 2.00 bits per heavy atom. The van der Waals surface area contributed by atoms with Crippen molar-refractivity contribution >= 4 is 11.6 Å². The average Bonchev–Trinajstić information content (AvgIpc) is 2.40.